The van der Waals surface area contributed by atoms with Crippen LogP contribution in [0.15, 0.2) is 18.2 Å². The van der Waals surface area contributed by atoms with Crippen LogP contribution in [-0.4, -0.2) is 20.3 Å². The van der Waals surface area contributed by atoms with E-state index in [4.69, 9.17) is 26.8 Å². The fraction of sp³-hybridized carbons (Fsp3) is 0.600. The molecule has 4 heteroatoms. The van der Waals surface area contributed by atoms with Gasteiger partial charge in [-0.15, -0.1) is 0 Å². The first-order chi connectivity index (χ1) is 9.07. The standard InChI is InChI=1S/C15H20ClNO2/c1-18-13-3-2-11(16)8-12(13)15(17)9-14(10-15)4-6-19-7-5-14/h2-3,8H,4-7,9-10,17H2,1H3. The Labute approximate surface area is 119 Å². The lowest BCUT2D eigenvalue weighted by Gasteiger charge is -2.56. The maximum atomic E-state index is 6.60. The first kappa shape index (κ1) is 13.2. The number of halogens is 1. The summed E-state index contributed by atoms with van der Waals surface area (Å²) >= 11 is 6.11. The summed E-state index contributed by atoms with van der Waals surface area (Å²) in [6, 6.07) is 5.70. The van der Waals surface area contributed by atoms with Crippen molar-refractivity contribution in [1.29, 1.82) is 0 Å². The summed E-state index contributed by atoms with van der Waals surface area (Å²) in [5.41, 5.74) is 7.71. The zero-order chi connectivity index (χ0) is 13.5. The topological polar surface area (TPSA) is 44.5 Å². The summed E-state index contributed by atoms with van der Waals surface area (Å²) in [5.74, 6) is 0.841. The van der Waals surface area contributed by atoms with E-state index in [2.05, 4.69) is 0 Å². The molecule has 0 bridgehead atoms. The van der Waals surface area contributed by atoms with E-state index in [9.17, 15) is 0 Å². The minimum atomic E-state index is -0.298. The molecule has 1 heterocycles. The van der Waals surface area contributed by atoms with Crippen LogP contribution in [-0.2, 0) is 10.3 Å². The van der Waals surface area contributed by atoms with Crippen molar-refractivity contribution in [1.82, 2.24) is 0 Å². The van der Waals surface area contributed by atoms with E-state index in [0.717, 1.165) is 50.2 Å². The van der Waals surface area contributed by atoms with Crippen molar-refractivity contribution in [2.75, 3.05) is 20.3 Å². The maximum Gasteiger partial charge on any atom is 0.124 e. The Bertz CT molecular complexity index is 475. The molecule has 1 saturated heterocycles. The molecule has 0 atom stereocenters. The third kappa shape index (κ3) is 2.24. The van der Waals surface area contributed by atoms with Gasteiger partial charge in [-0.2, -0.15) is 0 Å². The number of ether oxygens (including phenoxy) is 2. The molecule has 1 aliphatic carbocycles. The van der Waals surface area contributed by atoms with Crippen LogP contribution < -0.4 is 10.5 Å². The van der Waals surface area contributed by atoms with E-state index in [1.54, 1.807) is 7.11 Å². The van der Waals surface area contributed by atoms with E-state index in [-0.39, 0.29) is 5.54 Å². The number of methoxy groups -OCH3 is 1. The zero-order valence-corrected chi connectivity index (χ0v) is 12.0. The van der Waals surface area contributed by atoms with Crippen molar-refractivity contribution < 1.29 is 9.47 Å². The van der Waals surface area contributed by atoms with Crippen LogP contribution in [0.2, 0.25) is 5.02 Å². The second kappa shape index (κ2) is 4.65. The Kier molecular flexibility index (Phi) is 3.24. The summed E-state index contributed by atoms with van der Waals surface area (Å²) in [6.07, 6.45) is 4.24. The summed E-state index contributed by atoms with van der Waals surface area (Å²) in [7, 11) is 1.68. The fourth-order valence-electron chi connectivity index (χ4n) is 3.70. The quantitative estimate of drug-likeness (QED) is 0.906. The van der Waals surface area contributed by atoms with E-state index in [1.807, 2.05) is 18.2 Å². The van der Waals surface area contributed by atoms with E-state index < -0.39 is 0 Å². The molecule has 1 aromatic rings. The van der Waals surface area contributed by atoms with Crippen LogP contribution in [0, 0.1) is 5.41 Å². The minimum Gasteiger partial charge on any atom is -0.496 e. The molecule has 0 radical (unpaired) electrons. The Morgan fingerprint density at radius 1 is 1.26 bits per heavy atom. The number of benzene rings is 1. The van der Waals surface area contributed by atoms with Crippen molar-refractivity contribution in [3.63, 3.8) is 0 Å². The van der Waals surface area contributed by atoms with Gasteiger partial charge in [0.15, 0.2) is 0 Å². The second-order valence-electron chi connectivity index (χ2n) is 5.97. The van der Waals surface area contributed by atoms with Gasteiger partial charge in [0, 0.05) is 29.3 Å². The van der Waals surface area contributed by atoms with Crippen LogP contribution in [0.4, 0.5) is 0 Å². The molecule has 1 aromatic carbocycles. The van der Waals surface area contributed by atoms with Crippen molar-refractivity contribution in [3.05, 3.63) is 28.8 Å². The highest BCUT2D eigenvalue weighted by Gasteiger charge is 2.54. The highest BCUT2D eigenvalue weighted by Crippen LogP contribution is 2.59. The van der Waals surface area contributed by atoms with Gasteiger partial charge in [-0.05, 0) is 49.3 Å². The molecule has 3 nitrogen and oxygen atoms in total. The van der Waals surface area contributed by atoms with Gasteiger partial charge in [0.2, 0.25) is 0 Å². The van der Waals surface area contributed by atoms with Gasteiger partial charge >= 0.3 is 0 Å². The molecule has 1 spiro atoms. The maximum absolute atomic E-state index is 6.60. The van der Waals surface area contributed by atoms with Gasteiger partial charge in [0.25, 0.3) is 0 Å². The molecular formula is C15H20ClNO2. The average molecular weight is 282 g/mol. The van der Waals surface area contributed by atoms with Crippen molar-refractivity contribution in [2.24, 2.45) is 11.1 Å². The van der Waals surface area contributed by atoms with Crippen LogP contribution in [0.3, 0.4) is 0 Å². The molecule has 2 fully saturated rings. The fourth-order valence-corrected chi connectivity index (χ4v) is 3.88. The molecule has 0 unspecified atom stereocenters. The van der Waals surface area contributed by atoms with Crippen LogP contribution in [0.25, 0.3) is 0 Å². The number of rotatable bonds is 2. The third-order valence-corrected chi connectivity index (χ3v) is 4.87. The lowest BCUT2D eigenvalue weighted by atomic mass is 9.52. The molecular weight excluding hydrogens is 262 g/mol. The molecule has 104 valence electrons. The predicted molar refractivity (Wildman–Crippen MR) is 75.6 cm³/mol. The summed E-state index contributed by atoms with van der Waals surface area (Å²) in [5, 5.41) is 0.716. The number of hydrogen-bond donors (Lipinski definition) is 1. The van der Waals surface area contributed by atoms with E-state index >= 15 is 0 Å². The Balaban J connectivity index is 1.85. The van der Waals surface area contributed by atoms with Crippen LogP contribution >= 0.6 is 11.6 Å². The lowest BCUT2D eigenvalue weighted by molar-refractivity contribution is -0.0730. The van der Waals surface area contributed by atoms with Crippen LogP contribution in [0.5, 0.6) is 5.75 Å². The molecule has 19 heavy (non-hydrogen) atoms. The first-order valence-corrected chi connectivity index (χ1v) is 7.15. The summed E-state index contributed by atoms with van der Waals surface area (Å²) in [6.45, 7) is 1.73. The summed E-state index contributed by atoms with van der Waals surface area (Å²) < 4.78 is 10.9. The van der Waals surface area contributed by atoms with Gasteiger partial charge in [-0.3, -0.25) is 0 Å². The normalized spacial score (nSPS) is 23.9. The van der Waals surface area contributed by atoms with Gasteiger partial charge in [-0.25, -0.2) is 0 Å². The molecule has 3 rings (SSSR count). The molecule has 1 saturated carbocycles. The highest BCUT2D eigenvalue weighted by molar-refractivity contribution is 6.30. The highest BCUT2D eigenvalue weighted by atomic mass is 35.5. The zero-order valence-electron chi connectivity index (χ0n) is 11.2. The van der Waals surface area contributed by atoms with Crippen molar-refractivity contribution in [3.8, 4) is 5.75 Å². The molecule has 1 aliphatic heterocycles. The molecule has 2 aliphatic rings. The molecule has 0 aromatic heterocycles. The van der Waals surface area contributed by atoms with E-state index in [0.29, 0.717) is 10.4 Å². The number of hydrogen-bond acceptors (Lipinski definition) is 3. The second-order valence-corrected chi connectivity index (χ2v) is 6.40. The van der Waals surface area contributed by atoms with Gasteiger partial charge in [-0.1, -0.05) is 11.6 Å². The Morgan fingerprint density at radius 2 is 1.95 bits per heavy atom. The molecule has 0 amide bonds. The Morgan fingerprint density at radius 3 is 2.58 bits per heavy atom. The monoisotopic (exact) mass is 281 g/mol. The van der Waals surface area contributed by atoms with Crippen molar-refractivity contribution >= 4 is 11.6 Å². The number of nitrogens with two attached hydrogens (primary N) is 1. The van der Waals surface area contributed by atoms with Gasteiger partial charge in [0.1, 0.15) is 5.75 Å². The predicted octanol–water partition coefficient (Wildman–Crippen LogP) is 3.09. The largest absolute Gasteiger partial charge is 0.496 e. The van der Waals surface area contributed by atoms with Gasteiger partial charge < -0.3 is 15.2 Å². The minimum absolute atomic E-state index is 0.298. The van der Waals surface area contributed by atoms with Gasteiger partial charge in [0.05, 0.1) is 7.11 Å². The lowest BCUT2D eigenvalue weighted by Crippen LogP contribution is -2.57. The molecule has 2 N–H and O–H groups in total. The first-order valence-electron chi connectivity index (χ1n) is 6.78. The summed E-state index contributed by atoms with van der Waals surface area (Å²) in [4.78, 5) is 0. The SMILES string of the molecule is COc1ccc(Cl)cc1C1(N)CC2(CCOCC2)C1. The Hall–Kier alpha value is -0.770. The smallest absolute Gasteiger partial charge is 0.124 e. The van der Waals surface area contributed by atoms with Crippen LogP contribution in [0.1, 0.15) is 31.2 Å². The third-order valence-electron chi connectivity index (χ3n) is 4.63. The van der Waals surface area contributed by atoms with Crippen molar-refractivity contribution in [2.45, 2.75) is 31.2 Å². The average Bonchev–Trinajstić information content (AvgIpc) is 2.38. The van der Waals surface area contributed by atoms with E-state index in [1.165, 1.54) is 0 Å².